The van der Waals surface area contributed by atoms with E-state index in [2.05, 4.69) is 0 Å². The van der Waals surface area contributed by atoms with Crippen molar-refractivity contribution in [2.75, 3.05) is 0 Å². The molecule has 0 spiro atoms. The first-order chi connectivity index (χ1) is 13.9. The summed E-state index contributed by atoms with van der Waals surface area (Å²) < 4.78 is 50.0. The second-order valence-corrected chi connectivity index (χ2v) is 10.6. The van der Waals surface area contributed by atoms with E-state index in [1.54, 1.807) is 24.3 Å². The van der Waals surface area contributed by atoms with Crippen LogP contribution in [-0.2, 0) is 0 Å². The van der Waals surface area contributed by atoms with Crippen molar-refractivity contribution in [2.24, 2.45) is 0 Å². The maximum absolute atomic E-state index is 15.2. The van der Waals surface area contributed by atoms with E-state index in [4.69, 9.17) is 16.3 Å². The molecule has 0 radical (unpaired) electrons. The molecule has 1 unspecified atom stereocenters. The highest BCUT2D eigenvalue weighted by Crippen LogP contribution is 2.37. The van der Waals surface area contributed by atoms with E-state index in [0.29, 0.717) is 16.3 Å². The van der Waals surface area contributed by atoms with Crippen LogP contribution in [0, 0.1) is 5.82 Å². The van der Waals surface area contributed by atoms with Crippen LogP contribution < -0.4 is 4.74 Å². The minimum Gasteiger partial charge on any atom is -0.454 e. The maximum Gasteiger partial charge on any atom is 0.165 e. The van der Waals surface area contributed by atoms with Gasteiger partial charge >= 0.3 is 0 Å². The topological polar surface area (TPSA) is 9.23 Å². The van der Waals surface area contributed by atoms with Gasteiger partial charge in [-0.3, -0.25) is 0 Å². The lowest BCUT2D eigenvalue weighted by Crippen LogP contribution is -2.18. The number of ether oxygens (including phenoxy) is 1. The molecule has 3 rings (SSSR count). The first kappa shape index (κ1) is 21.2. The fraction of sp³-hybridized carbons (Fsp3) is 0.130. The Balaban J connectivity index is 1.99. The number of hydrogen-bond acceptors (Lipinski definition) is 1. The molecule has 0 saturated carbocycles. The Hall–Kier alpha value is -2.50. The number of hydrogen-bond donors (Lipinski definition) is 0. The first-order valence-corrected chi connectivity index (χ1v) is 12.6. The number of para-hydroxylation sites is 1. The standard InChI is InChI=1S/C23H20ClF3OSi/c1-29(2)23(22(27)21(26)15-8-11-17(24)12-9-15)16-10-13-19(25)20(14-16)28-18-6-4-3-5-7-18/h3-14,23,29H,1-2H3. The van der Waals surface area contributed by atoms with Crippen molar-refractivity contribution in [2.45, 2.75) is 18.6 Å². The molecular weight excluding hydrogens is 413 g/mol. The van der Waals surface area contributed by atoms with Crippen molar-refractivity contribution < 1.29 is 17.9 Å². The highest BCUT2D eigenvalue weighted by atomic mass is 35.5. The number of rotatable bonds is 6. The lowest BCUT2D eigenvalue weighted by Gasteiger charge is -2.20. The van der Waals surface area contributed by atoms with Crippen LogP contribution >= 0.6 is 11.6 Å². The molecule has 0 aromatic heterocycles. The molecule has 0 heterocycles. The van der Waals surface area contributed by atoms with Gasteiger partial charge in [-0.25, -0.2) is 13.2 Å². The molecule has 0 aliphatic heterocycles. The van der Waals surface area contributed by atoms with Crippen LogP contribution in [0.3, 0.4) is 0 Å². The third kappa shape index (κ3) is 5.11. The summed E-state index contributed by atoms with van der Waals surface area (Å²) in [6.45, 7) is 3.83. The summed E-state index contributed by atoms with van der Waals surface area (Å²) in [5.74, 6) is -1.91. The average Bonchev–Trinajstić information content (AvgIpc) is 2.71. The Morgan fingerprint density at radius 3 is 2.21 bits per heavy atom. The molecule has 0 N–H and O–H groups in total. The summed E-state index contributed by atoms with van der Waals surface area (Å²) in [7, 11) is -1.76. The van der Waals surface area contributed by atoms with Crippen LogP contribution in [0.4, 0.5) is 13.2 Å². The van der Waals surface area contributed by atoms with Gasteiger partial charge in [0.1, 0.15) is 11.6 Å². The van der Waals surface area contributed by atoms with E-state index in [1.165, 1.54) is 42.5 Å². The van der Waals surface area contributed by atoms with Crippen molar-refractivity contribution in [1.82, 2.24) is 0 Å². The second kappa shape index (κ2) is 9.33. The average molecular weight is 433 g/mol. The van der Waals surface area contributed by atoms with Crippen molar-refractivity contribution in [1.29, 1.82) is 0 Å². The zero-order chi connectivity index (χ0) is 21.0. The third-order valence-electron chi connectivity index (χ3n) is 4.53. The molecule has 3 aromatic rings. The van der Waals surface area contributed by atoms with Gasteiger partial charge in [0.25, 0.3) is 0 Å². The van der Waals surface area contributed by atoms with Crippen molar-refractivity contribution in [3.05, 3.63) is 101 Å². The second-order valence-electron chi connectivity index (χ2n) is 7.00. The molecule has 150 valence electrons. The predicted octanol–water partition coefficient (Wildman–Crippen LogP) is 7.69. The molecule has 0 aliphatic rings. The quantitative estimate of drug-likeness (QED) is 0.363. The fourth-order valence-corrected chi connectivity index (χ4v) is 4.94. The Labute approximate surface area is 175 Å². The molecule has 0 amide bonds. The lowest BCUT2D eigenvalue weighted by molar-refractivity contribution is 0.441. The molecule has 6 heteroatoms. The van der Waals surface area contributed by atoms with Gasteiger partial charge in [0.2, 0.25) is 0 Å². The van der Waals surface area contributed by atoms with Crippen molar-refractivity contribution >= 4 is 26.2 Å². The number of allylic oxidation sites excluding steroid dienone is 1. The number of benzene rings is 3. The SMILES string of the molecule is C[SiH](C)C(C(F)=C(F)c1ccc(Cl)cc1)c1ccc(F)c(Oc2ccccc2)c1. The van der Waals surface area contributed by atoms with Crippen LogP contribution in [0.15, 0.2) is 78.6 Å². The third-order valence-corrected chi connectivity index (χ3v) is 6.80. The summed E-state index contributed by atoms with van der Waals surface area (Å²) in [6, 6.07) is 18.8. The monoisotopic (exact) mass is 432 g/mol. The summed E-state index contributed by atoms with van der Waals surface area (Å²) in [6.07, 6.45) is 0. The van der Waals surface area contributed by atoms with Gasteiger partial charge in [-0.1, -0.05) is 61.1 Å². The first-order valence-electron chi connectivity index (χ1n) is 9.20. The minimum absolute atomic E-state index is 0.0203. The van der Waals surface area contributed by atoms with Gasteiger partial charge in [0, 0.05) is 24.9 Å². The van der Waals surface area contributed by atoms with Crippen molar-refractivity contribution in [3.63, 3.8) is 0 Å². The molecule has 1 nitrogen and oxygen atoms in total. The normalized spacial score (nSPS) is 13.2. The Kier molecular flexibility index (Phi) is 6.82. The van der Waals surface area contributed by atoms with Gasteiger partial charge in [-0.15, -0.1) is 0 Å². The molecule has 0 aliphatic carbocycles. The summed E-state index contributed by atoms with van der Waals surface area (Å²) in [5, 5.41) is 0.443. The smallest absolute Gasteiger partial charge is 0.165 e. The van der Waals surface area contributed by atoms with Crippen LogP contribution in [0.5, 0.6) is 11.5 Å². The highest BCUT2D eigenvalue weighted by molar-refractivity contribution is 6.58. The fourth-order valence-electron chi connectivity index (χ4n) is 3.10. The molecule has 0 fully saturated rings. The Morgan fingerprint density at radius 2 is 1.59 bits per heavy atom. The maximum atomic E-state index is 15.2. The van der Waals surface area contributed by atoms with E-state index in [0.717, 1.165) is 0 Å². The van der Waals surface area contributed by atoms with Crippen LogP contribution in [0.1, 0.15) is 16.7 Å². The summed E-state index contributed by atoms with van der Waals surface area (Å²) in [4.78, 5) is 0. The largest absolute Gasteiger partial charge is 0.454 e. The van der Waals surface area contributed by atoms with Crippen LogP contribution in [0.25, 0.3) is 5.83 Å². The zero-order valence-electron chi connectivity index (χ0n) is 16.0. The molecule has 0 bridgehead atoms. The van der Waals surface area contributed by atoms with Gasteiger partial charge < -0.3 is 4.74 Å². The summed E-state index contributed by atoms with van der Waals surface area (Å²) in [5.41, 5.74) is -0.153. The van der Waals surface area contributed by atoms with Gasteiger partial charge in [0.05, 0.1) is 0 Å². The predicted molar refractivity (Wildman–Crippen MR) is 115 cm³/mol. The van der Waals surface area contributed by atoms with Crippen LogP contribution in [0.2, 0.25) is 18.1 Å². The Morgan fingerprint density at radius 1 is 0.931 bits per heavy atom. The highest BCUT2D eigenvalue weighted by Gasteiger charge is 2.27. The molecular formula is C23H20ClF3OSi. The molecule has 0 saturated heterocycles. The zero-order valence-corrected chi connectivity index (χ0v) is 17.9. The minimum atomic E-state index is -1.76. The summed E-state index contributed by atoms with van der Waals surface area (Å²) >= 11 is 5.83. The van der Waals surface area contributed by atoms with E-state index in [9.17, 15) is 8.78 Å². The number of halogens is 4. The Bertz CT molecular complexity index is 1000. The lowest BCUT2D eigenvalue weighted by atomic mass is 10.1. The van der Waals surface area contributed by atoms with E-state index < -0.39 is 31.8 Å². The van der Waals surface area contributed by atoms with Crippen LogP contribution in [-0.4, -0.2) is 8.80 Å². The molecule has 1 atom stereocenters. The van der Waals surface area contributed by atoms with E-state index in [1.807, 2.05) is 19.2 Å². The van der Waals surface area contributed by atoms with Crippen molar-refractivity contribution in [3.8, 4) is 11.5 Å². The van der Waals surface area contributed by atoms with Gasteiger partial charge in [0.15, 0.2) is 17.4 Å². The van der Waals surface area contributed by atoms with E-state index >= 15 is 4.39 Å². The van der Waals surface area contributed by atoms with Gasteiger partial charge in [-0.05, 0) is 42.0 Å². The van der Waals surface area contributed by atoms with Gasteiger partial charge in [-0.2, -0.15) is 0 Å². The molecule has 3 aromatic carbocycles. The molecule has 29 heavy (non-hydrogen) atoms. The van der Waals surface area contributed by atoms with E-state index in [-0.39, 0.29) is 11.3 Å².